The second kappa shape index (κ2) is 8.81. The Morgan fingerprint density at radius 1 is 1.22 bits per heavy atom. The van der Waals surface area contributed by atoms with Crippen molar-refractivity contribution < 1.29 is 9.53 Å². The molecule has 0 saturated carbocycles. The molecule has 1 amide bonds. The van der Waals surface area contributed by atoms with Crippen molar-refractivity contribution in [3.05, 3.63) is 65.2 Å². The van der Waals surface area contributed by atoms with E-state index in [1.54, 1.807) is 17.2 Å². The van der Waals surface area contributed by atoms with E-state index in [0.717, 1.165) is 16.6 Å². The smallest absolute Gasteiger partial charge is 0.262 e. The summed E-state index contributed by atoms with van der Waals surface area (Å²) < 4.78 is 8.48. The maximum absolute atomic E-state index is 12.2. The molecule has 1 aromatic heterocycles. The molecule has 0 aliphatic rings. The standard InChI is InChI=1S/C20H21BrN4O2/c1-3-14(2)15-7-8-19(18(9-15)25-12-22-23-13-25)27-11-20(26)24-17-6-4-5-16(21)10-17/h4-10,12-14H,3,11H2,1-2H3,(H,24,26)/t14-/m0/s1. The Hall–Kier alpha value is -2.67. The van der Waals surface area contributed by atoms with Crippen LogP contribution in [0.2, 0.25) is 0 Å². The average molecular weight is 429 g/mol. The Kier molecular flexibility index (Phi) is 6.24. The number of aromatic nitrogens is 3. The first-order valence-corrected chi connectivity index (χ1v) is 9.53. The van der Waals surface area contributed by atoms with Gasteiger partial charge in [0.15, 0.2) is 6.61 Å². The Bertz CT molecular complexity index is 912. The molecule has 1 N–H and O–H groups in total. The predicted octanol–water partition coefficient (Wildman–Crippen LogP) is 4.56. The van der Waals surface area contributed by atoms with Crippen molar-refractivity contribution in [2.24, 2.45) is 0 Å². The molecule has 0 fully saturated rings. The summed E-state index contributed by atoms with van der Waals surface area (Å²) in [5.41, 5.74) is 2.73. The Morgan fingerprint density at radius 3 is 2.70 bits per heavy atom. The van der Waals surface area contributed by atoms with Crippen LogP contribution in [0.1, 0.15) is 31.7 Å². The van der Waals surface area contributed by atoms with Crippen molar-refractivity contribution >= 4 is 27.5 Å². The maximum atomic E-state index is 12.2. The van der Waals surface area contributed by atoms with Gasteiger partial charge in [-0.25, -0.2) is 0 Å². The minimum absolute atomic E-state index is 0.0929. The number of carbonyl (C=O) groups excluding carboxylic acids is 1. The molecule has 0 radical (unpaired) electrons. The minimum atomic E-state index is -0.228. The first-order chi connectivity index (χ1) is 13.1. The quantitative estimate of drug-likeness (QED) is 0.598. The molecule has 0 unspecified atom stereocenters. The van der Waals surface area contributed by atoms with Gasteiger partial charge in [-0.1, -0.05) is 41.9 Å². The van der Waals surface area contributed by atoms with E-state index >= 15 is 0 Å². The SMILES string of the molecule is CC[C@H](C)c1ccc(OCC(=O)Nc2cccc(Br)c2)c(-n2cnnc2)c1. The zero-order valence-electron chi connectivity index (χ0n) is 15.2. The second-order valence-electron chi connectivity index (χ2n) is 6.25. The Balaban J connectivity index is 1.75. The molecule has 3 rings (SSSR count). The number of carbonyl (C=O) groups is 1. The number of hydrogen-bond acceptors (Lipinski definition) is 4. The molecule has 1 heterocycles. The lowest BCUT2D eigenvalue weighted by molar-refractivity contribution is -0.118. The van der Waals surface area contributed by atoms with Crippen LogP contribution in [0.5, 0.6) is 5.75 Å². The third-order valence-electron chi connectivity index (χ3n) is 4.33. The molecule has 7 heteroatoms. The third kappa shape index (κ3) is 4.95. The van der Waals surface area contributed by atoms with E-state index in [0.29, 0.717) is 17.4 Å². The number of ether oxygens (including phenoxy) is 1. The highest BCUT2D eigenvalue weighted by Gasteiger charge is 2.13. The van der Waals surface area contributed by atoms with Crippen molar-refractivity contribution in [3.8, 4) is 11.4 Å². The molecular weight excluding hydrogens is 408 g/mol. The Labute approximate surface area is 166 Å². The van der Waals surface area contributed by atoms with E-state index in [9.17, 15) is 4.79 Å². The predicted molar refractivity (Wildman–Crippen MR) is 108 cm³/mol. The number of anilines is 1. The van der Waals surface area contributed by atoms with Crippen LogP contribution in [0.25, 0.3) is 5.69 Å². The number of hydrogen-bond donors (Lipinski definition) is 1. The molecule has 1 atom stereocenters. The van der Waals surface area contributed by atoms with Crippen molar-refractivity contribution in [2.75, 3.05) is 11.9 Å². The van der Waals surface area contributed by atoms with Gasteiger partial charge >= 0.3 is 0 Å². The first kappa shape index (κ1) is 19.1. The van der Waals surface area contributed by atoms with E-state index in [1.807, 2.05) is 36.4 Å². The van der Waals surface area contributed by atoms with Gasteiger partial charge in [0, 0.05) is 10.2 Å². The summed E-state index contributed by atoms with van der Waals surface area (Å²) in [6.07, 6.45) is 4.27. The largest absolute Gasteiger partial charge is 0.482 e. The molecule has 0 aliphatic carbocycles. The van der Waals surface area contributed by atoms with Crippen LogP contribution in [0, 0.1) is 0 Å². The van der Waals surface area contributed by atoms with Gasteiger partial charge in [-0.2, -0.15) is 0 Å². The highest BCUT2D eigenvalue weighted by Crippen LogP contribution is 2.28. The van der Waals surface area contributed by atoms with Crippen LogP contribution in [0.3, 0.4) is 0 Å². The monoisotopic (exact) mass is 428 g/mol. The number of rotatable bonds is 7. The van der Waals surface area contributed by atoms with Gasteiger partial charge in [0.2, 0.25) is 0 Å². The molecule has 0 bridgehead atoms. The molecule has 27 heavy (non-hydrogen) atoms. The van der Waals surface area contributed by atoms with Crippen LogP contribution in [-0.2, 0) is 4.79 Å². The van der Waals surface area contributed by atoms with E-state index in [1.165, 1.54) is 5.56 Å². The average Bonchev–Trinajstić information content (AvgIpc) is 3.20. The summed E-state index contributed by atoms with van der Waals surface area (Å²) in [7, 11) is 0. The van der Waals surface area contributed by atoms with Gasteiger partial charge in [-0.15, -0.1) is 10.2 Å². The van der Waals surface area contributed by atoms with Gasteiger partial charge in [0.25, 0.3) is 5.91 Å². The van der Waals surface area contributed by atoms with E-state index in [-0.39, 0.29) is 12.5 Å². The maximum Gasteiger partial charge on any atom is 0.262 e. The van der Waals surface area contributed by atoms with Crippen molar-refractivity contribution in [1.82, 2.24) is 14.8 Å². The van der Waals surface area contributed by atoms with Crippen molar-refractivity contribution in [1.29, 1.82) is 0 Å². The van der Waals surface area contributed by atoms with Gasteiger partial charge in [-0.3, -0.25) is 9.36 Å². The highest BCUT2D eigenvalue weighted by molar-refractivity contribution is 9.10. The van der Waals surface area contributed by atoms with E-state index in [4.69, 9.17) is 4.74 Å². The highest BCUT2D eigenvalue weighted by atomic mass is 79.9. The minimum Gasteiger partial charge on any atom is -0.482 e. The lowest BCUT2D eigenvalue weighted by atomic mass is 9.98. The summed E-state index contributed by atoms with van der Waals surface area (Å²) in [6.45, 7) is 4.24. The number of benzene rings is 2. The van der Waals surface area contributed by atoms with Gasteiger partial charge in [0.05, 0.1) is 5.69 Å². The lowest BCUT2D eigenvalue weighted by Gasteiger charge is -2.16. The number of amides is 1. The normalized spacial score (nSPS) is 11.8. The Morgan fingerprint density at radius 2 is 2.00 bits per heavy atom. The van der Waals surface area contributed by atoms with Crippen LogP contribution in [0.15, 0.2) is 59.6 Å². The summed E-state index contributed by atoms with van der Waals surface area (Å²) in [5, 5.41) is 10.6. The number of halogens is 1. The van der Waals surface area contributed by atoms with Gasteiger partial charge < -0.3 is 10.1 Å². The first-order valence-electron chi connectivity index (χ1n) is 8.74. The number of nitrogens with zero attached hydrogens (tertiary/aromatic N) is 3. The lowest BCUT2D eigenvalue weighted by Crippen LogP contribution is -2.20. The topological polar surface area (TPSA) is 69.0 Å². The summed E-state index contributed by atoms with van der Waals surface area (Å²) in [6, 6.07) is 13.4. The van der Waals surface area contributed by atoms with Crippen LogP contribution < -0.4 is 10.1 Å². The van der Waals surface area contributed by atoms with Gasteiger partial charge in [-0.05, 0) is 48.2 Å². The molecule has 0 aliphatic heterocycles. The fraction of sp³-hybridized carbons (Fsp3) is 0.250. The van der Waals surface area contributed by atoms with E-state index < -0.39 is 0 Å². The van der Waals surface area contributed by atoms with Gasteiger partial charge in [0.1, 0.15) is 18.4 Å². The zero-order chi connectivity index (χ0) is 19.2. The molecular formula is C20H21BrN4O2. The van der Waals surface area contributed by atoms with Crippen LogP contribution in [0.4, 0.5) is 5.69 Å². The zero-order valence-corrected chi connectivity index (χ0v) is 16.8. The summed E-state index contributed by atoms with van der Waals surface area (Å²) in [4.78, 5) is 12.2. The van der Waals surface area contributed by atoms with Crippen LogP contribution >= 0.6 is 15.9 Å². The molecule has 3 aromatic rings. The van der Waals surface area contributed by atoms with Crippen molar-refractivity contribution in [3.63, 3.8) is 0 Å². The number of nitrogens with one attached hydrogen (secondary N) is 1. The summed E-state index contributed by atoms with van der Waals surface area (Å²) >= 11 is 3.39. The second-order valence-corrected chi connectivity index (χ2v) is 7.17. The third-order valence-corrected chi connectivity index (χ3v) is 4.82. The molecule has 6 nitrogen and oxygen atoms in total. The van der Waals surface area contributed by atoms with Crippen molar-refractivity contribution in [2.45, 2.75) is 26.2 Å². The molecule has 140 valence electrons. The van der Waals surface area contributed by atoms with Crippen LogP contribution in [-0.4, -0.2) is 27.3 Å². The van der Waals surface area contributed by atoms with E-state index in [2.05, 4.69) is 51.4 Å². The molecule has 2 aromatic carbocycles. The molecule has 0 saturated heterocycles. The fourth-order valence-corrected chi connectivity index (χ4v) is 3.03. The fourth-order valence-electron chi connectivity index (χ4n) is 2.63. The summed E-state index contributed by atoms with van der Waals surface area (Å²) in [5.74, 6) is 0.800. The molecule has 0 spiro atoms.